The molecule has 0 aliphatic heterocycles. The lowest BCUT2D eigenvalue weighted by Crippen LogP contribution is -2.21. The number of aromatic nitrogens is 2. The Bertz CT molecular complexity index is 685. The third-order valence-electron chi connectivity index (χ3n) is 2.99. The number of carbonyl (C=O) groups is 1. The summed E-state index contributed by atoms with van der Waals surface area (Å²) in [4.78, 5) is 11.4. The molecule has 0 amide bonds. The molecule has 1 aromatic carbocycles. The lowest BCUT2D eigenvalue weighted by atomic mass is 10.1. The number of aliphatic carboxylic acids is 1. The molecule has 0 bridgehead atoms. The summed E-state index contributed by atoms with van der Waals surface area (Å²) in [7, 11) is 1.72. The summed E-state index contributed by atoms with van der Waals surface area (Å²) in [5.74, 6) is -1.02. The largest absolute Gasteiger partial charge is 0.479 e. The van der Waals surface area contributed by atoms with Crippen LogP contribution in [-0.4, -0.2) is 20.9 Å². The third kappa shape index (κ3) is 2.62. The Morgan fingerprint density at radius 1 is 1.55 bits per heavy atom. The molecule has 1 heterocycles. The summed E-state index contributed by atoms with van der Waals surface area (Å²) < 4.78 is 1.54. The summed E-state index contributed by atoms with van der Waals surface area (Å²) in [5.41, 5.74) is 2.30. The molecule has 2 rings (SSSR count). The van der Waals surface area contributed by atoms with Gasteiger partial charge in [0.15, 0.2) is 6.04 Å². The number of hydrogen-bond donors (Lipinski definition) is 2. The van der Waals surface area contributed by atoms with Crippen LogP contribution < -0.4 is 5.32 Å². The van der Waals surface area contributed by atoms with E-state index in [1.807, 2.05) is 13.0 Å². The van der Waals surface area contributed by atoms with E-state index in [9.17, 15) is 9.90 Å². The predicted molar refractivity (Wildman–Crippen MR) is 73.1 cm³/mol. The molecule has 0 fully saturated rings. The Morgan fingerprint density at radius 2 is 2.30 bits per heavy atom. The fourth-order valence-corrected chi connectivity index (χ4v) is 1.97. The highest BCUT2D eigenvalue weighted by Crippen LogP contribution is 2.25. The highest BCUT2D eigenvalue weighted by atomic mass is 16.4. The molecule has 0 aliphatic carbocycles. The number of benzene rings is 1. The zero-order valence-electron chi connectivity index (χ0n) is 11.2. The SMILES string of the molecule is Cc1cccc(C#N)c1NC(C(=O)O)c1cnn(C)c1. The van der Waals surface area contributed by atoms with E-state index < -0.39 is 12.0 Å². The van der Waals surface area contributed by atoms with Crippen LogP contribution >= 0.6 is 0 Å². The zero-order chi connectivity index (χ0) is 14.7. The first-order chi connectivity index (χ1) is 9.52. The van der Waals surface area contributed by atoms with Crippen molar-refractivity contribution in [1.82, 2.24) is 9.78 Å². The maximum atomic E-state index is 11.4. The van der Waals surface area contributed by atoms with Crippen LogP contribution in [0.5, 0.6) is 0 Å². The predicted octanol–water partition coefficient (Wildman–Crippen LogP) is 1.84. The standard InChI is InChI=1S/C14H14N4O2/c1-9-4-3-5-10(6-15)12(9)17-13(14(19)20)11-7-16-18(2)8-11/h3-5,7-8,13,17H,1-2H3,(H,19,20). The minimum atomic E-state index is -1.02. The quantitative estimate of drug-likeness (QED) is 0.884. The van der Waals surface area contributed by atoms with Gasteiger partial charge in [-0.05, 0) is 18.6 Å². The van der Waals surface area contributed by atoms with Gasteiger partial charge in [0.2, 0.25) is 0 Å². The maximum absolute atomic E-state index is 11.4. The van der Waals surface area contributed by atoms with Gasteiger partial charge in [-0.3, -0.25) is 4.68 Å². The van der Waals surface area contributed by atoms with Crippen molar-refractivity contribution >= 4 is 11.7 Å². The molecule has 0 saturated carbocycles. The van der Waals surface area contributed by atoms with E-state index in [-0.39, 0.29) is 0 Å². The molecule has 1 atom stereocenters. The second kappa shape index (κ2) is 5.45. The number of anilines is 1. The highest BCUT2D eigenvalue weighted by Gasteiger charge is 2.22. The van der Waals surface area contributed by atoms with Crippen LogP contribution in [0.4, 0.5) is 5.69 Å². The maximum Gasteiger partial charge on any atom is 0.330 e. The highest BCUT2D eigenvalue weighted by molar-refractivity contribution is 5.80. The van der Waals surface area contributed by atoms with E-state index in [0.717, 1.165) is 5.56 Å². The minimum absolute atomic E-state index is 0.417. The molecular formula is C14H14N4O2. The van der Waals surface area contributed by atoms with E-state index in [1.54, 1.807) is 25.4 Å². The van der Waals surface area contributed by atoms with Crippen LogP contribution in [0.25, 0.3) is 0 Å². The van der Waals surface area contributed by atoms with Crippen LogP contribution in [0, 0.1) is 18.3 Å². The third-order valence-corrected chi connectivity index (χ3v) is 2.99. The van der Waals surface area contributed by atoms with Crippen molar-refractivity contribution in [1.29, 1.82) is 5.26 Å². The van der Waals surface area contributed by atoms with Gasteiger partial charge in [-0.15, -0.1) is 0 Å². The number of nitrogens with zero attached hydrogens (tertiary/aromatic N) is 3. The van der Waals surface area contributed by atoms with E-state index in [0.29, 0.717) is 16.8 Å². The molecule has 6 nitrogen and oxygen atoms in total. The van der Waals surface area contributed by atoms with Gasteiger partial charge < -0.3 is 10.4 Å². The summed E-state index contributed by atoms with van der Waals surface area (Å²) >= 11 is 0. The van der Waals surface area contributed by atoms with Crippen LogP contribution in [-0.2, 0) is 11.8 Å². The molecule has 102 valence electrons. The number of carboxylic acids is 1. The lowest BCUT2D eigenvalue weighted by molar-refractivity contribution is -0.138. The van der Waals surface area contributed by atoms with Gasteiger partial charge in [0.25, 0.3) is 0 Å². The fraction of sp³-hybridized carbons (Fsp3) is 0.214. The average Bonchev–Trinajstić information content (AvgIpc) is 2.83. The minimum Gasteiger partial charge on any atom is -0.479 e. The number of hydrogen-bond acceptors (Lipinski definition) is 4. The second-order valence-electron chi connectivity index (χ2n) is 4.47. The van der Waals surface area contributed by atoms with E-state index in [2.05, 4.69) is 16.5 Å². The first kappa shape index (κ1) is 13.6. The smallest absolute Gasteiger partial charge is 0.330 e. The van der Waals surface area contributed by atoms with Gasteiger partial charge in [-0.1, -0.05) is 12.1 Å². The first-order valence-electron chi connectivity index (χ1n) is 6.00. The van der Waals surface area contributed by atoms with Gasteiger partial charge in [0.1, 0.15) is 6.07 Å². The number of carboxylic acid groups (broad SMARTS) is 1. The number of nitriles is 1. The van der Waals surface area contributed by atoms with Gasteiger partial charge in [-0.2, -0.15) is 10.4 Å². The summed E-state index contributed by atoms with van der Waals surface area (Å²) in [6, 6.07) is 6.35. The fourth-order valence-electron chi connectivity index (χ4n) is 1.97. The molecule has 2 aromatic rings. The number of nitrogens with one attached hydrogen (secondary N) is 1. The van der Waals surface area contributed by atoms with Gasteiger partial charge >= 0.3 is 5.97 Å². The molecular weight excluding hydrogens is 256 g/mol. The monoisotopic (exact) mass is 270 g/mol. The second-order valence-corrected chi connectivity index (χ2v) is 4.47. The molecule has 6 heteroatoms. The Morgan fingerprint density at radius 3 is 2.85 bits per heavy atom. The molecule has 0 saturated heterocycles. The van der Waals surface area contributed by atoms with Gasteiger partial charge in [0, 0.05) is 18.8 Å². The first-order valence-corrected chi connectivity index (χ1v) is 6.00. The summed E-state index contributed by atoms with van der Waals surface area (Å²) in [6.07, 6.45) is 3.13. The van der Waals surface area contributed by atoms with Crippen LogP contribution in [0.15, 0.2) is 30.6 Å². The van der Waals surface area contributed by atoms with Crippen LogP contribution in [0.1, 0.15) is 22.7 Å². The van der Waals surface area contributed by atoms with Crippen molar-refractivity contribution in [2.45, 2.75) is 13.0 Å². The van der Waals surface area contributed by atoms with Crippen molar-refractivity contribution in [2.75, 3.05) is 5.32 Å². The number of para-hydroxylation sites is 1. The summed E-state index contributed by atoms with van der Waals surface area (Å²) in [5, 5.41) is 25.4. The Kier molecular flexibility index (Phi) is 3.71. The molecule has 2 N–H and O–H groups in total. The van der Waals surface area contributed by atoms with Gasteiger partial charge in [0.05, 0.1) is 17.4 Å². The molecule has 20 heavy (non-hydrogen) atoms. The molecule has 0 aliphatic rings. The number of aryl methyl sites for hydroxylation is 2. The molecule has 0 radical (unpaired) electrons. The van der Waals surface area contributed by atoms with E-state index in [4.69, 9.17) is 5.26 Å². The molecule has 1 unspecified atom stereocenters. The average molecular weight is 270 g/mol. The van der Waals surface area contributed by atoms with Gasteiger partial charge in [-0.25, -0.2) is 4.79 Å². The van der Waals surface area contributed by atoms with Crippen molar-refractivity contribution in [3.8, 4) is 6.07 Å². The van der Waals surface area contributed by atoms with Crippen molar-refractivity contribution < 1.29 is 9.90 Å². The van der Waals surface area contributed by atoms with Crippen molar-refractivity contribution in [3.63, 3.8) is 0 Å². The van der Waals surface area contributed by atoms with Crippen molar-refractivity contribution in [3.05, 3.63) is 47.3 Å². The van der Waals surface area contributed by atoms with E-state index >= 15 is 0 Å². The summed E-state index contributed by atoms with van der Waals surface area (Å²) in [6.45, 7) is 1.82. The lowest BCUT2D eigenvalue weighted by Gasteiger charge is -2.17. The Hall–Kier alpha value is -2.81. The van der Waals surface area contributed by atoms with Crippen molar-refractivity contribution in [2.24, 2.45) is 7.05 Å². The molecule has 0 spiro atoms. The van der Waals surface area contributed by atoms with Crippen LogP contribution in [0.3, 0.4) is 0 Å². The number of rotatable bonds is 4. The topological polar surface area (TPSA) is 90.9 Å². The Balaban J connectivity index is 2.40. The normalized spacial score (nSPS) is 11.7. The Labute approximate surface area is 116 Å². The molecule has 1 aromatic heterocycles. The van der Waals surface area contributed by atoms with Crippen LogP contribution in [0.2, 0.25) is 0 Å². The van der Waals surface area contributed by atoms with E-state index in [1.165, 1.54) is 10.9 Å². The zero-order valence-corrected chi connectivity index (χ0v) is 11.2.